The number of halogens is 1. The van der Waals surface area contributed by atoms with E-state index in [-0.39, 0.29) is 18.3 Å². The number of aromatic nitrogens is 2. The molecular weight excluding hydrogens is 374 g/mol. The largest absolute Gasteiger partial charge is 0.340 e. The molecule has 6 nitrogen and oxygen atoms in total. The highest BCUT2D eigenvalue weighted by atomic mass is 35.5. The molecule has 0 saturated carbocycles. The Morgan fingerprint density at radius 2 is 1.86 bits per heavy atom. The number of carbonyl (C=O) groups excluding carboxylic acids is 1. The maximum atomic E-state index is 12.4. The topological polar surface area (TPSA) is 53.4 Å². The van der Waals surface area contributed by atoms with Crippen molar-refractivity contribution in [2.75, 3.05) is 39.8 Å². The normalized spacial score (nSPS) is 14.2. The number of piperazine rings is 1. The van der Waals surface area contributed by atoms with E-state index < -0.39 is 0 Å². The van der Waals surface area contributed by atoms with Crippen LogP contribution in [0.3, 0.4) is 0 Å². The lowest BCUT2D eigenvalue weighted by Crippen LogP contribution is -2.47. The van der Waals surface area contributed by atoms with E-state index in [4.69, 9.17) is 5.10 Å². The van der Waals surface area contributed by atoms with Gasteiger partial charge < -0.3 is 15.1 Å². The summed E-state index contributed by atoms with van der Waals surface area (Å²) in [5.41, 5.74) is 5.80. The van der Waals surface area contributed by atoms with Gasteiger partial charge >= 0.3 is 0 Å². The van der Waals surface area contributed by atoms with Gasteiger partial charge in [-0.05, 0) is 39.4 Å². The highest BCUT2D eigenvalue weighted by molar-refractivity contribution is 5.85. The second kappa shape index (κ2) is 10.0. The molecule has 1 fully saturated rings. The van der Waals surface area contributed by atoms with Gasteiger partial charge in [0.15, 0.2) is 0 Å². The Labute approximate surface area is 174 Å². The van der Waals surface area contributed by atoms with Crippen molar-refractivity contribution in [3.8, 4) is 5.69 Å². The predicted molar refractivity (Wildman–Crippen MR) is 115 cm³/mol. The zero-order chi connectivity index (χ0) is 19.4. The van der Waals surface area contributed by atoms with Gasteiger partial charge in [-0.2, -0.15) is 5.10 Å². The molecule has 0 bridgehead atoms. The lowest BCUT2D eigenvalue weighted by atomic mass is 10.1. The van der Waals surface area contributed by atoms with Crippen molar-refractivity contribution in [3.63, 3.8) is 0 Å². The summed E-state index contributed by atoms with van der Waals surface area (Å²) in [5, 5.41) is 8.06. The van der Waals surface area contributed by atoms with Crippen molar-refractivity contribution in [2.24, 2.45) is 0 Å². The molecule has 0 atom stereocenters. The molecule has 1 aromatic carbocycles. The molecule has 7 heteroatoms. The summed E-state index contributed by atoms with van der Waals surface area (Å²) in [7, 11) is 2.08. The molecule has 2 heterocycles. The van der Waals surface area contributed by atoms with Crippen LogP contribution in [0.5, 0.6) is 0 Å². The van der Waals surface area contributed by atoms with E-state index in [0.29, 0.717) is 6.42 Å². The molecule has 1 saturated heterocycles. The summed E-state index contributed by atoms with van der Waals surface area (Å²) in [6, 6.07) is 8.31. The molecule has 1 aliphatic heterocycles. The zero-order valence-corrected chi connectivity index (χ0v) is 18.2. The van der Waals surface area contributed by atoms with Gasteiger partial charge in [0.25, 0.3) is 0 Å². The van der Waals surface area contributed by atoms with Gasteiger partial charge in [-0.3, -0.25) is 4.79 Å². The van der Waals surface area contributed by atoms with E-state index in [0.717, 1.165) is 50.6 Å². The van der Waals surface area contributed by atoms with Crippen LogP contribution in [0.2, 0.25) is 0 Å². The zero-order valence-electron chi connectivity index (χ0n) is 17.4. The first-order chi connectivity index (χ1) is 13.0. The Hall–Kier alpha value is -1.89. The van der Waals surface area contributed by atoms with Crippen LogP contribution in [0.25, 0.3) is 5.69 Å². The molecule has 1 amide bonds. The van der Waals surface area contributed by atoms with E-state index in [2.05, 4.69) is 56.2 Å². The fourth-order valence-electron chi connectivity index (χ4n) is 3.65. The van der Waals surface area contributed by atoms with Crippen LogP contribution in [0.15, 0.2) is 24.3 Å². The first kappa shape index (κ1) is 22.4. The van der Waals surface area contributed by atoms with Gasteiger partial charge in [0.2, 0.25) is 5.91 Å². The molecule has 3 rings (SSSR count). The molecule has 28 heavy (non-hydrogen) atoms. The lowest BCUT2D eigenvalue weighted by Gasteiger charge is -2.28. The summed E-state index contributed by atoms with van der Waals surface area (Å²) >= 11 is 0. The Bertz CT molecular complexity index is 798. The molecule has 0 unspecified atom stereocenters. The van der Waals surface area contributed by atoms with Crippen LogP contribution in [-0.4, -0.2) is 65.3 Å². The summed E-state index contributed by atoms with van der Waals surface area (Å²) in [6.45, 7) is 11.3. The summed E-state index contributed by atoms with van der Waals surface area (Å²) < 4.78 is 2.04. The van der Waals surface area contributed by atoms with E-state index in [1.807, 2.05) is 15.6 Å². The lowest BCUT2D eigenvalue weighted by molar-refractivity contribution is -0.132. The Balaban J connectivity index is 0.00000280. The third-order valence-corrected chi connectivity index (χ3v) is 5.39. The standard InChI is InChI=1S/C21H31N5O.ClH/c1-16-7-5-6-8-20(16)26-18(3)19(17(2)23-26)15-24(4)12-9-21(27)25-13-10-22-11-14-25;/h5-8,22H,9-15H2,1-4H3;1H. The Kier molecular flexibility index (Phi) is 8.04. The minimum Gasteiger partial charge on any atom is -0.340 e. The number of aryl methyl sites for hydroxylation is 2. The van der Waals surface area contributed by atoms with Crippen LogP contribution >= 0.6 is 12.4 Å². The minimum absolute atomic E-state index is 0. The molecule has 2 aromatic rings. The fourth-order valence-corrected chi connectivity index (χ4v) is 3.65. The predicted octanol–water partition coefficient (Wildman–Crippen LogP) is 2.47. The highest BCUT2D eigenvalue weighted by Gasteiger charge is 2.18. The highest BCUT2D eigenvalue weighted by Crippen LogP contribution is 2.21. The van der Waals surface area contributed by atoms with Crippen LogP contribution in [0.4, 0.5) is 0 Å². The van der Waals surface area contributed by atoms with E-state index >= 15 is 0 Å². The molecule has 0 radical (unpaired) electrons. The van der Waals surface area contributed by atoms with Crippen LogP contribution in [0, 0.1) is 20.8 Å². The number of para-hydroxylation sites is 1. The van der Waals surface area contributed by atoms with Gasteiger partial charge in [0.05, 0.1) is 11.4 Å². The number of hydrogen-bond donors (Lipinski definition) is 1. The average Bonchev–Trinajstić information content (AvgIpc) is 2.95. The second-order valence-electron chi connectivity index (χ2n) is 7.47. The minimum atomic E-state index is 0. The van der Waals surface area contributed by atoms with Gasteiger partial charge in [0.1, 0.15) is 0 Å². The molecular formula is C21H32ClN5O. The second-order valence-corrected chi connectivity index (χ2v) is 7.47. The molecule has 0 spiro atoms. The molecule has 1 aromatic heterocycles. The molecule has 0 aliphatic carbocycles. The first-order valence-corrected chi connectivity index (χ1v) is 9.75. The van der Waals surface area contributed by atoms with E-state index in [1.165, 1.54) is 16.8 Å². The Morgan fingerprint density at radius 1 is 1.18 bits per heavy atom. The summed E-state index contributed by atoms with van der Waals surface area (Å²) in [6.07, 6.45) is 0.570. The van der Waals surface area contributed by atoms with Crippen molar-refractivity contribution in [1.29, 1.82) is 0 Å². The number of carbonyl (C=O) groups is 1. The molecule has 1 aliphatic rings. The number of rotatable bonds is 6. The number of amides is 1. The van der Waals surface area contributed by atoms with Crippen molar-refractivity contribution >= 4 is 18.3 Å². The van der Waals surface area contributed by atoms with Crippen LogP contribution in [0.1, 0.15) is 28.9 Å². The van der Waals surface area contributed by atoms with Crippen LogP contribution < -0.4 is 5.32 Å². The summed E-state index contributed by atoms with van der Waals surface area (Å²) in [4.78, 5) is 16.6. The van der Waals surface area contributed by atoms with Gasteiger partial charge in [0, 0.05) is 56.9 Å². The van der Waals surface area contributed by atoms with Gasteiger partial charge in [-0.15, -0.1) is 12.4 Å². The van der Waals surface area contributed by atoms with E-state index in [1.54, 1.807) is 0 Å². The Morgan fingerprint density at radius 3 is 2.54 bits per heavy atom. The number of nitrogens with one attached hydrogen (secondary N) is 1. The average molecular weight is 406 g/mol. The van der Waals surface area contributed by atoms with E-state index in [9.17, 15) is 4.79 Å². The molecule has 154 valence electrons. The smallest absolute Gasteiger partial charge is 0.223 e. The monoisotopic (exact) mass is 405 g/mol. The first-order valence-electron chi connectivity index (χ1n) is 9.75. The van der Waals surface area contributed by atoms with Gasteiger partial charge in [-0.25, -0.2) is 4.68 Å². The quantitative estimate of drug-likeness (QED) is 0.802. The third-order valence-electron chi connectivity index (χ3n) is 5.39. The molecule has 1 N–H and O–H groups in total. The fraction of sp³-hybridized carbons (Fsp3) is 0.524. The van der Waals surface area contributed by atoms with Gasteiger partial charge in [-0.1, -0.05) is 18.2 Å². The number of nitrogens with zero attached hydrogens (tertiary/aromatic N) is 4. The van der Waals surface area contributed by atoms with Crippen LogP contribution in [-0.2, 0) is 11.3 Å². The maximum Gasteiger partial charge on any atom is 0.223 e. The van der Waals surface area contributed by atoms with Crippen molar-refractivity contribution in [2.45, 2.75) is 33.7 Å². The number of hydrogen-bond acceptors (Lipinski definition) is 4. The summed E-state index contributed by atoms with van der Waals surface area (Å²) in [5.74, 6) is 0.257. The van der Waals surface area contributed by atoms with Crippen molar-refractivity contribution < 1.29 is 4.79 Å². The maximum absolute atomic E-state index is 12.4. The third kappa shape index (κ3) is 5.13. The number of benzene rings is 1. The SMILES string of the molecule is Cc1ccccc1-n1nc(C)c(CN(C)CCC(=O)N2CCNCC2)c1C.Cl. The van der Waals surface area contributed by atoms with Crippen molar-refractivity contribution in [3.05, 3.63) is 46.8 Å². The van der Waals surface area contributed by atoms with Crippen molar-refractivity contribution in [1.82, 2.24) is 24.9 Å².